The van der Waals surface area contributed by atoms with Crippen molar-refractivity contribution >= 4 is 22.8 Å². The van der Waals surface area contributed by atoms with Gasteiger partial charge in [-0.1, -0.05) is 26.2 Å². The number of rotatable bonds is 10. The molecule has 8 nitrogen and oxygen atoms in total. The minimum atomic E-state index is -0.0333. The molecule has 39 heavy (non-hydrogen) atoms. The smallest absolute Gasteiger partial charge is 0.240 e. The number of amides is 1. The van der Waals surface area contributed by atoms with E-state index in [0.29, 0.717) is 41.2 Å². The number of carbonyl (C=O) groups is 1. The van der Waals surface area contributed by atoms with Crippen molar-refractivity contribution in [2.75, 3.05) is 6.54 Å². The summed E-state index contributed by atoms with van der Waals surface area (Å²) in [6, 6.07) is 13.2. The van der Waals surface area contributed by atoms with Crippen LogP contribution >= 0.6 is 0 Å². The summed E-state index contributed by atoms with van der Waals surface area (Å²) in [4.78, 5) is 17.8. The fraction of sp³-hybridized carbons (Fsp3) is 0.516. The quantitative estimate of drug-likeness (QED) is 0.234. The Labute approximate surface area is 230 Å². The fourth-order valence-corrected chi connectivity index (χ4v) is 5.76. The molecule has 0 saturated heterocycles. The van der Waals surface area contributed by atoms with Gasteiger partial charge in [0.25, 0.3) is 0 Å². The predicted molar refractivity (Wildman–Crippen MR) is 153 cm³/mol. The van der Waals surface area contributed by atoms with E-state index in [1.165, 1.54) is 44.9 Å². The van der Waals surface area contributed by atoms with Crippen molar-refractivity contribution in [3.63, 3.8) is 0 Å². The van der Waals surface area contributed by atoms with E-state index in [1.807, 2.05) is 34.9 Å². The predicted octanol–water partition coefficient (Wildman–Crippen LogP) is 5.55. The van der Waals surface area contributed by atoms with Crippen LogP contribution in [-0.2, 0) is 17.9 Å². The maximum atomic E-state index is 13.0. The largest absolute Gasteiger partial charge is 0.490 e. The number of nitrogens with two attached hydrogens (primary N) is 1. The Morgan fingerprint density at radius 3 is 2.46 bits per heavy atom. The number of hydrogen-bond donors (Lipinski definition) is 3. The van der Waals surface area contributed by atoms with Gasteiger partial charge in [-0.05, 0) is 92.8 Å². The lowest BCUT2D eigenvalue weighted by molar-refractivity contribution is -0.121. The number of ether oxygens (including phenoxy) is 2. The van der Waals surface area contributed by atoms with Crippen molar-refractivity contribution < 1.29 is 14.3 Å². The van der Waals surface area contributed by atoms with Gasteiger partial charge in [-0.25, -0.2) is 4.98 Å². The van der Waals surface area contributed by atoms with Crippen LogP contribution in [0.2, 0.25) is 0 Å². The van der Waals surface area contributed by atoms with E-state index in [4.69, 9.17) is 25.6 Å². The first kappa shape index (κ1) is 27.0. The van der Waals surface area contributed by atoms with Crippen LogP contribution in [0.3, 0.4) is 0 Å². The Morgan fingerprint density at radius 1 is 1.03 bits per heavy atom. The molecule has 2 aromatic carbocycles. The molecule has 208 valence electrons. The zero-order valence-corrected chi connectivity index (χ0v) is 23.0. The number of fused-ring (bicyclic) bond motifs is 1. The number of imidazole rings is 1. The zero-order chi connectivity index (χ0) is 27.2. The van der Waals surface area contributed by atoms with Crippen LogP contribution in [0.4, 0.5) is 0 Å². The van der Waals surface area contributed by atoms with E-state index >= 15 is 0 Å². The average molecular weight is 532 g/mol. The number of benzene rings is 2. The molecule has 0 unspecified atom stereocenters. The number of carbonyl (C=O) groups excluding carboxylic acids is 1. The van der Waals surface area contributed by atoms with Crippen molar-refractivity contribution in [1.29, 1.82) is 5.41 Å². The summed E-state index contributed by atoms with van der Waals surface area (Å²) in [6.07, 6.45) is 11.1. The standard InChI is InChI=1S/C31H41N5O3/c1-21-7-9-22(10-8-21)18-34-30(37)19-36-28-16-11-23(31(32)33)17-27(28)35-29(36)20-38-24-12-14-26(15-13-24)39-25-5-3-2-4-6-25/h11-17,21-22,25H,2-10,18-20H2,1H3,(H3,32,33)(H,34,37). The molecule has 0 spiro atoms. The first-order valence-corrected chi connectivity index (χ1v) is 14.4. The SMILES string of the molecule is CC1CCC(CNC(=O)Cn2c(COc3ccc(OC4CCCCC4)cc3)nc3cc(C(=N)N)ccc32)CC1. The maximum Gasteiger partial charge on any atom is 0.240 e. The van der Waals surface area contributed by atoms with Crippen LogP contribution < -0.4 is 20.5 Å². The minimum Gasteiger partial charge on any atom is -0.490 e. The van der Waals surface area contributed by atoms with E-state index in [0.717, 1.165) is 30.0 Å². The van der Waals surface area contributed by atoms with Crippen molar-refractivity contribution in [3.05, 3.63) is 53.9 Å². The average Bonchev–Trinajstić information content (AvgIpc) is 3.29. The number of amidine groups is 1. The van der Waals surface area contributed by atoms with Crippen molar-refractivity contribution in [3.8, 4) is 11.5 Å². The monoisotopic (exact) mass is 531 g/mol. The van der Waals surface area contributed by atoms with Crippen LogP contribution in [0, 0.1) is 17.2 Å². The summed E-state index contributed by atoms with van der Waals surface area (Å²) in [5, 5.41) is 10.9. The molecule has 0 aliphatic heterocycles. The Bertz CT molecular complexity index is 1270. The normalized spacial score (nSPS) is 20.0. The Kier molecular flexibility index (Phi) is 8.69. The summed E-state index contributed by atoms with van der Waals surface area (Å²) in [5.74, 6) is 3.52. The molecular formula is C31H41N5O3. The first-order valence-electron chi connectivity index (χ1n) is 14.4. The summed E-state index contributed by atoms with van der Waals surface area (Å²) < 4.78 is 14.1. The Morgan fingerprint density at radius 2 is 1.74 bits per heavy atom. The molecule has 0 atom stereocenters. The van der Waals surface area contributed by atoms with Gasteiger partial charge in [-0.3, -0.25) is 10.2 Å². The lowest BCUT2D eigenvalue weighted by atomic mass is 9.83. The zero-order valence-electron chi connectivity index (χ0n) is 23.0. The number of hydrogen-bond acceptors (Lipinski definition) is 5. The van der Waals surface area contributed by atoms with Gasteiger partial charge in [0.2, 0.25) is 5.91 Å². The van der Waals surface area contributed by atoms with E-state index in [-0.39, 0.29) is 24.9 Å². The molecule has 2 saturated carbocycles. The second kappa shape index (κ2) is 12.5. The van der Waals surface area contributed by atoms with Gasteiger partial charge in [-0.2, -0.15) is 0 Å². The van der Waals surface area contributed by atoms with E-state index < -0.39 is 0 Å². The van der Waals surface area contributed by atoms with E-state index in [9.17, 15) is 4.79 Å². The molecule has 3 aromatic rings. The molecule has 8 heteroatoms. The number of nitrogen functional groups attached to an aromatic ring is 1. The highest BCUT2D eigenvalue weighted by atomic mass is 16.5. The van der Waals surface area contributed by atoms with Gasteiger partial charge >= 0.3 is 0 Å². The van der Waals surface area contributed by atoms with Gasteiger partial charge in [0.1, 0.15) is 36.3 Å². The molecule has 1 heterocycles. The van der Waals surface area contributed by atoms with Gasteiger partial charge in [-0.15, -0.1) is 0 Å². The highest BCUT2D eigenvalue weighted by Crippen LogP contribution is 2.28. The van der Waals surface area contributed by atoms with E-state index in [1.54, 1.807) is 12.1 Å². The van der Waals surface area contributed by atoms with Gasteiger partial charge in [0, 0.05) is 12.1 Å². The van der Waals surface area contributed by atoms with Crippen molar-refractivity contribution in [1.82, 2.24) is 14.9 Å². The van der Waals surface area contributed by atoms with Crippen molar-refractivity contribution in [2.45, 2.75) is 84.0 Å². The highest BCUT2D eigenvalue weighted by molar-refractivity contribution is 5.98. The molecule has 4 N–H and O–H groups in total. The van der Waals surface area contributed by atoms with Gasteiger partial charge in [0.15, 0.2) is 0 Å². The second-order valence-corrected chi connectivity index (χ2v) is 11.3. The van der Waals surface area contributed by atoms with Crippen LogP contribution in [-0.4, -0.2) is 33.9 Å². The maximum absolute atomic E-state index is 13.0. The third-order valence-corrected chi connectivity index (χ3v) is 8.21. The Hall–Kier alpha value is -3.55. The third kappa shape index (κ3) is 7.11. The first-order chi connectivity index (χ1) is 18.9. The van der Waals surface area contributed by atoms with Crippen LogP contribution in [0.15, 0.2) is 42.5 Å². The van der Waals surface area contributed by atoms with Crippen LogP contribution in [0.5, 0.6) is 11.5 Å². The van der Waals surface area contributed by atoms with Gasteiger partial charge in [0.05, 0.1) is 17.1 Å². The second-order valence-electron chi connectivity index (χ2n) is 11.3. The fourth-order valence-electron chi connectivity index (χ4n) is 5.76. The molecule has 5 rings (SSSR count). The van der Waals surface area contributed by atoms with Crippen LogP contribution in [0.25, 0.3) is 11.0 Å². The number of aromatic nitrogens is 2. The number of nitrogens with zero attached hydrogens (tertiary/aromatic N) is 2. The molecular weight excluding hydrogens is 490 g/mol. The third-order valence-electron chi connectivity index (χ3n) is 8.21. The lowest BCUT2D eigenvalue weighted by Crippen LogP contribution is -2.33. The topological polar surface area (TPSA) is 115 Å². The highest BCUT2D eigenvalue weighted by Gasteiger charge is 2.20. The molecule has 1 amide bonds. The molecule has 0 radical (unpaired) electrons. The summed E-state index contributed by atoms with van der Waals surface area (Å²) >= 11 is 0. The molecule has 1 aromatic heterocycles. The molecule has 2 aliphatic carbocycles. The minimum absolute atomic E-state index is 0.0145. The number of nitrogens with one attached hydrogen (secondary N) is 2. The van der Waals surface area contributed by atoms with Crippen molar-refractivity contribution in [2.24, 2.45) is 17.6 Å². The molecule has 2 aliphatic rings. The summed E-state index contributed by atoms with van der Waals surface area (Å²) in [5.41, 5.74) is 7.81. The molecule has 0 bridgehead atoms. The molecule has 2 fully saturated rings. The summed E-state index contributed by atoms with van der Waals surface area (Å²) in [7, 11) is 0. The van der Waals surface area contributed by atoms with Crippen LogP contribution in [0.1, 0.15) is 76.1 Å². The summed E-state index contributed by atoms with van der Waals surface area (Å²) in [6.45, 7) is 3.39. The van der Waals surface area contributed by atoms with E-state index in [2.05, 4.69) is 12.2 Å². The lowest BCUT2D eigenvalue weighted by Gasteiger charge is -2.26. The Balaban J connectivity index is 1.26. The van der Waals surface area contributed by atoms with Gasteiger partial charge < -0.3 is 25.1 Å².